The molecule has 1 aliphatic heterocycles. The summed E-state index contributed by atoms with van der Waals surface area (Å²) in [6.07, 6.45) is 3.28. The number of hydrogen-bond donors (Lipinski definition) is 1. The summed E-state index contributed by atoms with van der Waals surface area (Å²) in [7, 11) is 1.89. The highest BCUT2D eigenvalue weighted by Gasteiger charge is 2.44. The monoisotopic (exact) mass is 225 g/mol. The van der Waals surface area contributed by atoms with Crippen LogP contribution in [-0.2, 0) is 4.79 Å². The van der Waals surface area contributed by atoms with Crippen molar-refractivity contribution in [3.8, 4) is 0 Å². The number of carbonyl (C=O) groups excluding carboxylic acids is 1. The van der Waals surface area contributed by atoms with Gasteiger partial charge in [0.2, 0.25) is 5.91 Å². The molecular formula is C12H23N3O. The summed E-state index contributed by atoms with van der Waals surface area (Å²) in [6, 6.07) is 0.832. The maximum Gasteiger partial charge on any atom is 0.242 e. The molecule has 92 valence electrons. The lowest BCUT2D eigenvalue weighted by Crippen LogP contribution is -2.64. The van der Waals surface area contributed by atoms with Crippen LogP contribution in [0.4, 0.5) is 0 Å². The zero-order valence-corrected chi connectivity index (χ0v) is 10.6. The first kappa shape index (κ1) is 11.9. The summed E-state index contributed by atoms with van der Waals surface area (Å²) in [5.41, 5.74) is 5.60. The van der Waals surface area contributed by atoms with Gasteiger partial charge in [0.15, 0.2) is 0 Å². The zero-order valence-electron chi connectivity index (χ0n) is 10.6. The predicted octanol–water partition coefficient (Wildman–Crippen LogP) is 0.419. The number of nitrogens with zero attached hydrogens (tertiary/aromatic N) is 2. The van der Waals surface area contributed by atoms with Gasteiger partial charge in [0.1, 0.15) is 0 Å². The minimum absolute atomic E-state index is 0.235. The lowest BCUT2D eigenvalue weighted by atomic mass is 9.94. The molecule has 2 N–H and O–H groups in total. The van der Waals surface area contributed by atoms with Crippen LogP contribution < -0.4 is 5.73 Å². The molecule has 0 spiro atoms. The van der Waals surface area contributed by atoms with Crippen LogP contribution in [0.5, 0.6) is 0 Å². The molecule has 0 aromatic carbocycles. The Labute approximate surface area is 97.8 Å². The molecule has 2 fully saturated rings. The molecule has 1 amide bonds. The standard InChI is InChI=1S/C12H23N3O/c1-12(2)11(16)14(3)6-7-15(12)10-5-4-9(13)8-10/h9-10H,4-8,13H2,1-3H3. The highest BCUT2D eigenvalue weighted by atomic mass is 16.2. The Morgan fingerprint density at radius 2 is 2.00 bits per heavy atom. The summed E-state index contributed by atoms with van der Waals surface area (Å²) in [5.74, 6) is 0.235. The molecule has 2 atom stereocenters. The van der Waals surface area contributed by atoms with Crippen LogP contribution in [-0.4, -0.2) is 53.5 Å². The average Bonchev–Trinajstić information content (AvgIpc) is 2.61. The van der Waals surface area contributed by atoms with E-state index in [9.17, 15) is 4.79 Å². The SMILES string of the molecule is CN1CCN(C2CCC(N)C2)C(C)(C)C1=O. The smallest absolute Gasteiger partial charge is 0.242 e. The van der Waals surface area contributed by atoms with Gasteiger partial charge in [0.05, 0.1) is 5.54 Å². The van der Waals surface area contributed by atoms with E-state index >= 15 is 0 Å². The van der Waals surface area contributed by atoms with Crippen LogP contribution in [0.3, 0.4) is 0 Å². The first-order chi connectivity index (χ1) is 7.43. The fourth-order valence-electron chi connectivity index (χ4n) is 3.14. The molecule has 4 nitrogen and oxygen atoms in total. The topological polar surface area (TPSA) is 49.6 Å². The average molecular weight is 225 g/mol. The summed E-state index contributed by atoms with van der Waals surface area (Å²) >= 11 is 0. The lowest BCUT2D eigenvalue weighted by molar-refractivity contribution is -0.149. The van der Waals surface area contributed by atoms with Gasteiger partial charge in [-0.25, -0.2) is 0 Å². The van der Waals surface area contributed by atoms with Crippen molar-refractivity contribution in [2.24, 2.45) is 5.73 Å². The first-order valence-corrected chi connectivity index (χ1v) is 6.21. The molecule has 2 unspecified atom stereocenters. The number of piperazine rings is 1. The number of likely N-dealkylation sites (N-methyl/N-ethyl adjacent to an activating group) is 1. The van der Waals surface area contributed by atoms with Gasteiger partial charge in [-0.1, -0.05) is 0 Å². The second kappa shape index (κ2) is 4.00. The summed E-state index contributed by atoms with van der Waals surface area (Å²) in [6.45, 7) is 5.89. The van der Waals surface area contributed by atoms with Gasteiger partial charge < -0.3 is 10.6 Å². The van der Waals surface area contributed by atoms with E-state index in [0.717, 1.165) is 32.4 Å². The fourth-order valence-corrected chi connectivity index (χ4v) is 3.14. The maximum atomic E-state index is 12.1. The third kappa shape index (κ3) is 1.84. The van der Waals surface area contributed by atoms with E-state index in [0.29, 0.717) is 12.1 Å². The second-order valence-electron chi connectivity index (χ2n) is 5.71. The Kier molecular flexibility index (Phi) is 2.97. The summed E-state index contributed by atoms with van der Waals surface area (Å²) in [5, 5.41) is 0. The lowest BCUT2D eigenvalue weighted by Gasteiger charge is -2.47. The Morgan fingerprint density at radius 1 is 1.31 bits per heavy atom. The van der Waals surface area contributed by atoms with Crippen LogP contribution in [0.25, 0.3) is 0 Å². The molecule has 0 aromatic heterocycles. The van der Waals surface area contributed by atoms with E-state index in [1.54, 1.807) is 0 Å². The minimum atomic E-state index is -0.359. The summed E-state index contributed by atoms with van der Waals surface area (Å²) < 4.78 is 0. The Bertz CT molecular complexity index is 290. The first-order valence-electron chi connectivity index (χ1n) is 6.21. The number of hydrogen-bond acceptors (Lipinski definition) is 3. The molecule has 2 rings (SSSR count). The molecule has 0 bridgehead atoms. The molecule has 2 aliphatic rings. The van der Waals surface area contributed by atoms with Crippen molar-refractivity contribution in [3.05, 3.63) is 0 Å². The fraction of sp³-hybridized carbons (Fsp3) is 0.917. The molecule has 1 saturated heterocycles. The third-order valence-corrected chi connectivity index (χ3v) is 4.15. The number of amides is 1. The van der Waals surface area contributed by atoms with Gasteiger partial charge in [-0.05, 0) is 33.1 Å². The second-order valence-corrected chi connectivity index (χ2v) is 5.71. The van der Waals surface area contributed by atoms with Crippen molar-refractivity contribution in [1.82, 2.24) is 9.80 Å². The normalized spacial score (nSPS) is 35.8. The molecule has 0 radical (unpaired) electrons. The van der Waals surface area contributed by atoms with Crippen LogP contribution in [0.2, 0.25) is 0 Å². The van der Waals surface area contributed by atoms with Crippen LogP contribution in [0.15, 0.2) is 0 Å². The van der Waals surface area contributed by atoms with Gasteiger partial charge in [-0.3, -0.25) is 9.69 Å². The summed E-state index contributed by atoms with van der Waals surface area (Å²) in [4.78, 5) is 16.4. The van der Waals surface area contributed by atoms with Gasteiger partial charge in [0, 0.05) is 32.2 Å². The Hall–Kier alpha value is -0.610. The van der Waals surface area contributed by atoms with Crippen LogP contribution in [0, 0.1) is 0 Å². The molecule has 1 aliphatic carbocycles. The third-order valence-electron chi connectivity index (χ3n) is 4.15. The van der Waals surface area contributed by atoms with Crippen molar-refractivity contribution in [1.29, 1.82) is 0 Å². The number of nitrogens with two attached hydrogens (primary N) is 1. The molecule has 1 saturated carbocycles. The minimum Gasteiger partial charge on any atom is -0.343 e. The highest BCUT2D eigenvalue weighted by molar-refractivity contribution is 5.86. The van der Waals surface area contributed by atoms with Gasteiger partial charge in [-0.15, -0.1) is 0 Å². The molecule has 1 heterocycles. The van der Waals surface area contributed by atoms with E-state index < -0.39 is 0 Å². The molecule has 16 heavy (non-hydrogen) atoms. The van der Waals surface area contributed by atoms with Crippen molar-refractivity contribution in [3.63, 3.8) is 0 Å². The van der Waals surface area contributed by atoms with Gasteiger partial charge in [0.25, 0.3) is 0 Å². The van der Waals surface area contributed by atoms with Crippen molar-refractivity contribution in [2.75, 3.05) is 20.1 Å². The number of rotatable bonds is 1. The molecule has 0 aromatic rings. The van der Waals surface area contributed by atoms with E-state index in [-0.39, 0.29) is 11.4 Å². The quantitative estimate of drug-likeness (QED) is 0.703. The Morgan fingerprint density at radius 3 is 2.56 bits per heavy atom. The van der Waals surface area contributed by atoms with Crippen molar-refractivity contribution in [2.45, 2.75) is 50.7 Å². The van der Waals surface area contributed by atoms with Crippen LogP contribution >= 0.6 is 0 Å². The maximum absolute atomic E-state index is 12.1. The van der Waals surface area contributed by atoms with E-state index in [2.05, 4.69) is 4.90 Å². The Balaban J connectivity index is 2.13. The van der Waals surface area contributed by atoms with Crippen molar-refractivity contribution >= 4 is 5.91 Å². The van der Waals surface area contributed by atoms with Gasteiger partial charge in [-0.2, -0.15) is 0 Å². The number of carbonyl (C=O) groups is 1. The van der Waals surface area contributed by atoms with Crippen molar-refractivity contribution < 1.29 is 4.79 Å². The largest absolute Gasteiger partial charge is 0.343 e. The van der Waals surface area contributed by atoms with E-state index in [1.165, 1.54) is 0 Å². The van der Waals surface area contributed by atoms with E-state index in [1.807, 2.05) is 25.8 Å². The predicted molar refractivity (Wildman–Crippen MR) is 64.0 cm³/mol. The highest BCUT2D eigenvalue weighted by Crippen LogP contribution is 2.31. The zero-order chi connectivity index (χ0) is 11.9. The molecule has 4 heteroatoms. The van der Waals surface area contributed by atoms with Gasteiger partial charge >= 0.3 is 0 Å². The van der Waals surface area contributed by atoms with E-state index in [4.69, 9.17) is 5.73 Å². The molecular weight excluding hydrogens is 202 g/mol. The van der Waals surface area contributed by atoms with Crippen LogP contribution in [0.1, 0.15) is 33.1 Å².